The summed E-state index contributed by atoms with van der Waals surface area (Å²) in [6, 6.07) is 17.0. The highest BCUT2D eigenvalue weighted by molar-refractivity contribution is 5.95. The highest BCUT2D eigenvalue weighted by Gasteiger charge is 2.34. The Hall–Kier alpha value is -3.32. The number of nitrogens with zero attached hydrogens (tertiary/aromatic N) is 1. The van der Waals surface area contributed by atoms with Crippen molar-refractivity contribution in [1.29, 1.82) is 0 Å². The molecule has 2 aliphatic rings. The number of carbonyl (C=O) groups is 2. The number of likely N-dealkylation sites (tertiary alicyclic amines) is 1. The SMILES string of the molecule is COC(=O)C1=C(CN2CCC(Cc3ccccc3)CC2)NC(=O)N[C@@H]1c1cccc(OC)c1. The fourth-order valence-corrected chi connectivity index (χ4v) is 4.68. The van der Waals surface area contributed by atoms with E-state index in [4.69, 9.17) is 9.47 Å². The van der Waals surface area contributed by atoms with Crippen LogP contribution < -0.4 is 15.4 Å². The predicted octanol–water partition coefficient (Wildman–Crippen LogP) is 3.43. The lowest BCUT2D eigenvalue weighted by molar-refractivity contribution is -0.136. The molecule has 2 aliphatic heterocycles. The third kappa shape index (κ3) is 5.54. The van der Waals surface area contributed by atoms with Crippen molar-refractivity contribution >= 4 is 12.0 Å². The molecule has 0 unspecified atom stereocenters. The molecule has 7 heteroatoms. The van der Waals surface area contributed by atoms with Crippen LogP contribution in [0.2, 0.25) is 0 Å². The predicted molar refractivity (Wildman–Crippen MR) is 126 cm³/mol. The summed E-state index contributed by atoms with van der Waals surface area (Å²) in [6.07, 6.45) is 3.26. The van der Waals surface area contributed by atoms with Gasteiger partial charge in [0, 0.05) is 12.2 Å². The Bertz CT molecular complexity index is 1010. The molecule has 2 aromatic carbocycles. The summed E-state index contributed by atoms with van der Waals surface area (Å²) in [5, 5.41) is 5.73. The molecule has 174 valence electrons. The van der Waals surface area contributed by atoms with E-state index in [9.17, 15) is 9.59 Å². The number of amides is 2. The number of carbonyl (C=O) groups excluding carboxylic acids is 2. The molecule has 1 atom stereocenters. The van der Waals surface area contributed by atoms with Crippen molar-refractivity contribution in [2.45, 2.75) is 25.3 Å². The van der Waals surface area contributed by atoms with Crippen molar-refractivity contribution in [1.82, 2.24) is 15.5 Å². The van der Waals surface area contributed by atoms with Crippen LogP contribution in [0.3, 0.4) is 0 Å². The molecule has 7 nitrogen and oxygen atoms in total. The molecule has 33 heavy (non-hydrogen) atoms. The maximum Gasteiger partial charge on any atom is 0.338 e. The Kier molecular flexibility index (Phi) is 7.29. The van der Waals surface area contributed by atoms with E-state index in [0.29, 0.717) is 29.5 Å². The van der Waals surface area contributed by atoms with E-state index in [1.54, 1.807) is 7.11 Å². The molecule has 1 fully saturated rings. The van der Waals surface area contributed by atoms with Gasteiger partial charge in [0.2, 0.25) is 0 Å². The summed E-state index contributed by atoms with van der Waals surface area (Å²) in [6.45, 7) is 2.33. The zero-order valence-corrected chi connectivity index (χ0v) is 19.2. The standard InChI is InChI=1S/C26H31N3O4/c1-32-21-10-6-9-20(16-21)24-23(25(30)33-2)22(27-26(31)28-24)17-29-13-11-19(12-14-29)15-18-7-4-3-5-8-18/h3-10,16,19,24H,11-15,17H2,1-2H3,(H2,27,28,31)/t24-/m1/s1. The monoisotopic (exact) mass is 449 g/mol. The lowest BCUT2D eigenvalue weighted by Crippen LogP contribution is -2.49. The molecule has 4 rings (SSSR count). The highest BCUT2D eigenvalue weighted by atomic mass is 16.5. The summed E-state index contributed by atoms with van der Waals surface area (Å²) in [4.78, 5) is 27.6. The molecular weight excluding hydrogens is 418 g/mol. The second-order valence-electron chi connectivity index (χ2n) is 8.60. The fraction of sp³-hybridized carbons (Fsp3) is 0.385. The average molecular weight is 450 g/mol. The van der Waals surface area contributed by atoms with Crippen LogP contribution in [0.5, 0.6) is 5.75 Å². The first-order valence-electron chi connectivity index (χ1n) is 11.4. The Morgan fingerprint density at radius 2 is 1.82 bits per heavy atom. The number of urea groups is 1. The number of ether oxygens (including phenoxy) is 2. The molecular formula is C26H31N3O4. The summed E-state index contributed by atoms with van der Waals surface area (Å²) >= 11 is 0. The number of nitrogens with one attached hydrogen (secondary N) is 2. The zero-order chi connectivity index (χ0) is 23.2. The zero-order valence-electron chi connectivity index (χ0n) is 19.2. The van der Waals surface area contributed by atoms with Crippen molar-refractivity contribution in [3.8, 4) is 5.75 Å². The van der Waals surface area contributed by atoms with Gasteiger partial charge in [-0.3, -0.25) is 4.90 Å². The second-order valence-corrected chi connectivity index (χ2v) is 8.60. The van der Waals surface area contributed by atoms with Crippen molar-refractivity contribution in [2.24, 2.45) is 5.92 Å². The van der Waals surface area contributed by atoms with Crippen molar-refractivity contribution in [3.05, 3.63) is 77.0 Å². The average Bonchev–Trinajstić information content (AvgIpc) is 2.85. The van der Waals surface area contributed by atoms with Crippen LogP contribution in [0, 0.1) is 5.92 Å². The Morgan fingerprint density at radius 1 is 1.06 bits per heavy atom. The fourth-order valence-electron chi connectivity index (χ4n) is 4.68. The van der Waals surface area contributed by atoms with E-state index in [0.717, 1.165) is 37.9 Å². The first kappa shape index (κ1) is 22.9. The third-order valence-electron chi connectivity index (χ3n) is 6.44. The smallest absolute Gasteiger partial charge is 0.338 e. The molecule has 0 radical (unpaired) electrons. The van der Waals surface area contributed by atoms with Gasteiger partial charge in [0.25, 0.3) is 0 Å². The molecule has 1 saturated heterocycles. The van der Waals surface area contributed by atoms with E-state index in [2.05, 4.69) is 39.8 Å². The van der Waals surface area contributed by atoms with E-state index in [-0.39, 0.29) is 6.03 Å². The van der Waals surface area contributed by atoms with Crippen molar-refractivity contribution in [2.75, 3.05) is 33.9 Å². The number of esters is 1. The Balaban J connectivity index is 1.51. The van der Waals surface area contributed by atoms with Crippen molar-refractivity contribution < 1.29 is 19.1 Å². The molecule has 2 aromatic rings. The minimum Gasteiger partial charge on any atom is -0.497 e. The molecule has 0 bridgehead atoms. The van der Waals surface area contributed by atoms with E-state index < -0.39 is 12.0 Å². The van der Waals surface area contributed by atoms with Gasteiger partial charge < -0.3 is 20.1 Å². The molecule has 0 aliphatic carbocycles. The van der Waals surface area contributed by atoms with Gasteiger partial charge in [0.15, 0.2) is 0 Å². The first-order chi connectivity index (χ1) is 16.1. The van der Waals surface area contributed by atoms with Gasteiger partial charge >= 0.3 is 12.0 Å². The summed E-state index contributed by atoms with van der Waals surface area (Å²) in [5.41, 5.74) is 3.17. The van der Waals surface area contributed by atoms with Crippen LogP contribution >= 0.6 is 0 Å². The van der Waals surface area contributed by atoms with Crippen LogP contribution in [0.15, 0.2) is 65.9 Å². The van der Waals surface area contributed by atoms with Crippen LogP contribution in [-0.4, -0.2) is 50.8 Å². The normalized spacial score (nSPS) is 19.6. The van der Waals surface area contributed by atoms with Gasteiger partial charge in [-0.1, -0.05) is 42.5 Å². The van der Waals surface area contributed by atoms with Gasteiger partial charge in [0.1, 0.15) is 5.75 Å². The quantitative estimate of drug-likeness (QED) is 0.633. The van der Waals surface area contributed by atoms with E-state index >= 15 is 0 Å². The number of hydrogen-bond donors (Lipinski definition) is 2. The van der Waals surface area contributed by atoms with Crippen LogP contribution in [0.1, 0.15) is 30.0 Å². The van der Waals surface area contributed by atoms with Crippen LogP contribution in [0.25, 0.3) is 0 Å². The van der Waals surface area contributed by atoms with Gasteiger partial charge in [-0.15, -0.1) is 0 Å². The summed E-state index contributed by atoms with van der Waals surface area (Å²) in [7, 11) is 2.95. The number of rotatable bonds is 7. The number of hydrogen-bond acceptors (Lipinski definition) is 5. The molecule has 0 spiro atoms. The van der Waals surface area contributed by atoms with Crippen molar-refractivity contribution in [3.63, 3.8) is 0 Å². The lowest BCUT2D eigenvalue weighted by atomic mass is 9.89. The van der Waals surface area contributed by atoms with E-state index in [1.165, 1.54) is 12.7 Å². The lowest BCUT2D eigenvalue weighted by Gasteiger charge is -2.35. The minimum absolute atomic E-state index is 0.329. The highest BCUT2D eigenvalue weighted by Crippen LogP contribution is 2.31. The van der Waals surface area contributed by atoms with Crippen LogP contribution in [0.4, 0.5) is 4.79 Å². The third-order valence-corrected chi connectivity index (χ3v) is 6.44. The van der Waals surface area contributed by atoms with Crippen LogP contribution in [-0.2, 0) is 16.0 Å². The maximum absolute atomic E-state index is 12.8. The molecule has 2 amide bonds. The van der Waals surface area contributed by atoms with Gasteiger partial charge in [-0.2, -0.15) is 0 Å². The molecule has 0 saturated carbocycles. The Morgan fingerprint density at radius 3 is 2.52 bits per heavy atom. The van der Waals surface area contributed by atoms with Gasteiger partial charge in [0.05, 0.1) is 25.8 Å². The molecule has 2 heterocycles. The number of methoxy groups -OCH3 is 2. The first-order valence-corrected chi connectivity index (χ1v) is 11.4. The molecule has 2 N–H and O–H groups in total. The van der Waals surface area contributed by atoms with Gasteiger partial charge in [-0.25, -0.2) is 9.59 Å². The Labute approximate surface area is 194 Å². The minimum atomic E-state index is -0.605. The largest absolute Gasteiger partial charge is 0.497 e. The molecule has 0 aromatic heterocycles. The van der Waals surface area contributed by atoms with Gasteiger partial charge in [-0.05, 0) is 61.5 Å². The maximum atomic E-state index is 12.8. The summed E-state index contributed by atoms with van der Waals surface area (Å²) in [5.74, 6) is 0.848. The second kappa shape index (κ2) is 10.5. The number of benzene rings is 2. The number of piperidine rings is 1. The topological polar surface area (TPSA) is 79.9 Å². The summed E-state index contributed by atoms with van der Waals surface area (Å²) < 4.78 is 10.4. The van der Waals surface area contributed by atoms with E-state index in [1.807, 2.05) is 30.3 Å².